The Morgan fingerprint density at radius 3 is 2.92 bits per heavy atom. The maximum atomic E-state index is 12.2. The summed E-state index contributed by atoms with van der Waals surface area (Å²) in [6.45, 7) is -0.125. The van der Waals surface area contributed by atoms with Gasteiger partial charge in [-0.2, -0.15) is 0 Å². The molecular formula is C17H16BrNO4S. The lowest BCUT2D eigenvalue weighted by Crippen LogP contribution is -2.21. The van der Waals surface area contributed by atoms with Gasteiger partial charge in [-0.3, -0.25) is 4.79 Å². The minimum absolute atomic E-state index is 0.125. The Bertz CT molecular complexity index is 787. The lowest BCUT2D eigenvalue weighted by molar-refractivity contribution is -0.118. The third kappa shape index (κ3) is 3.62. The molecular weight excluding hydrogens is 394 g/mol. The second-order valence-electron chi connectivity index (χ2n) is 5.35. The monoisotopic (exact) mass is 409 g/mol. The summed E-state index contributed by atoms with van der Waals surface area (Å²) in [6.07, 6.45) is 2.82. The maximum absolute atomic E-state index is 12.2. The van der Waals surface area contributed by atoms with Gasteiger partial charge in [-0.15, -0.1) is 11.3 Å². The number of methoxy groups -OCH3 is 1. The molecule has 7 heteroatoms. The summed E-state index contributed by atoms with van der Waals surface area (Å²) < 4.78 is 11.2. The van der Waals surface area contributed by atoms with E-state index in [2.05, 4.69) is 21.2 Å². The molecule has 126 valence electrons. The summed E-state index contributed by atoms with van der Waals surface area (Å²) in [4.78, 5) is 25.4. The molecule has 0 unspecified atom stereocenters. The first-order chi connectivity index (χ1) is 11.6. The van der Waals surface area contributed by atoms with Crippen LogP contribution in [0.15, 0.2) is 28.7 Å². The van der Waals surface area contributed by atoms with Crippen LogP contribution in [0.4, 0.5) is 5.00 Å². The molecule has 0 atom stereocenters. The second-order valence-corrected chi connectivity index (χ2v) is 7.37. The highest BCUT2D eigenvalue weighted by Crippen LogP contribution is 2.39. The number of ether oxygens (including phenoxy) is 2. The zero-order valence-electron chi connectivity index (χ0n) is 13.1. The van der Waals surface area contributed by atoms with Crippen molar-refractivity contribution in [3.8, 4) is 5.75 Å². The molecule has 24 heavy (non-hydrogen) atoms. The Morgan fingerprint density at radius 2 is 2.17 bits per heavy atom. The molecule has 5 nitrogen and oxygen atoms in total. The molecule has 0 radical (unpaired) electrons. The van der Waals surface area contributed by atoms with Crippen molar-refractivity contribution in [1.82, 2.24) is 0 Å². The molecule has 1 aromatic heterocycles. The van der Waals surface area contributed by atoms with E-state index < -0.39 is 5.97 Å². The van der Waals surface area contributed by atoms with E-state index in [0.717, 1.165) is 34.2 Å². The van der Waals surface area contributed by atoms with Crippen molar-refractivity contribution in [2.24, 2.45) is 0 Å². The average Bonchev–Trinajstić information content (AvgIpc) is 3.13. The second kappa shape index (κ2) is 7.36. The van der Waals surface area contributed by atoms with Crippen molar-refractivity contribution < 1.29 is 19.1 Å². The molecule has 0 bridgehead atoms. The Hall–Kier alpha value is -1.86. The smallest absolute Gasteiger partial charge is 0.341 e. The molecule has 0 saturated heterocycles. The number of carbonyl (C=O) groups is 2. The third-order valence-electron chi connectivity index (χ3n) is 3.73. The summed E-state index contributed by atoms with van der Waals surface area (Å²) in [7, 11) is 1.35. The van der Waals surface area contributed by atoms with E-state index in [9.17, 15) is 9.59 Å². The first-order valence-electron chi connectivity index (χ1n) is 7.49. The van der Waals surface area contributed by atoms with Gasteiger partial charge in [0.05, 0.1) is 12.7 Å². The number of carbonyl (C=O) groups excluding carboxylic acids is 2. The minimum atomic E-state index is -0.405. The van der Waals surface area contributed by atoms with Crippen LogP contribution in [0.1, 0.15) is 27.2 Å². The highest BCUT2D eigenvalue weighted by Gasteiger charge is 2.28. The van der Waals surface area contributed by atoms with E-state index in [1.807, 2.05) is 12.1 Å². The number of hydrogen-bond donors (Lipinski definition) is 1. The Morgan fingerprint density at radius 1 is 1.33 bits per heavy atom. The summed E-state index contributed by atoms with van der Waals surface area (Å²) in [5.74, 6) is -0.112. The number of benzene rings is 1. The highest BCUT2D eigenvalue weighted by molar-refractivity contribution is 9.10. The number of fused-ring (bicyclic) bond motifs is 1. The van der Waals surface area contributed by atoms with Crippen LogP contribution >= 0.6 is 27.3 Å². The summed E-state index contributed by atoms with van der Waals surface area (Å²) >= 11 is 4.80. The van der Waals surface area contributed by atoms with Gasteiger partial charge in [0.1, 0.15) is 10.8 Å². The third-order valence-corrected chi connectivity index (χ3v) is 5.43. The lowest BCUT2D eigenvalue weighted by Gasteiger charge is -2.08. The van der Waals surface area contributed by atoms with Gasteiger partial charge in [0.2, 0.25) is 0 Å². The Balaban J connectivity index is 1.69. The maximum Gasteiger partial charge on any atom is 0.341 e. The quantitative estimate of drug-likeness (QED) is 0.762. The molecule has 2 aromatic rings. The van der Waals surface area contributed by atoms with Gasteiger partial charge in [0.25, 0.3) is 5.91 Å². The molecule has 0 fully saturated rings. The lowest BCUT2D eigenvalue weighted by atomic mass is 10.1. The van der Waals surface area contributed by atoms with E-state index in [1.165, 1.54) is 18.4 Å². The zero-order chi connectivity index (χ0) is 17.1. The van der Waals surface area contributed by atoms with E-state index in [4.69, 9.17) is 9.47 Å². The topological polar surface area (TPSA) is 64.6 Å². The van der Waals surface area contributed by atoms with E-state index >= 15 is 0 Å². The number of rotatable bonds is 5. The van der Waals surface area contributed by atoms with Crippen LogP contribution in [0.3, 0.4) is 0 Å². The van der Waals surface area contributed by atoms with Gasteiger partial charge < -0.3 is 14.8 Å². The van der Waals surface area contributed by atoms with Gasteiger partial charge in [0.15, 0.2) is 6.61 Å². The number of aryl methyl sites for hydroxylation is 1. The summed E-state index contributed by atoms with van der Waals surface area (Å²) in [6, 6.07) is 7.27. The fourth-order valence-electron chi connectivity index (χ4n) is 2.68. The summed E-state index contributed by atoms with van der Waals surface area (Å²) in [5.41, 5.74) is 1.50. The van der Waals surface area contributed by atoms with Gasteiger partial charge in [-0.05, 0) is 43.0 Å². The molecule has 1 aromatic carbocycles. The molecule has 1 N–H and O–H groups in total. The van der Waals surface area contributed by atoms with Crippen molar-refractivity contribution in [2.45, 2.75) is 19.3 Å². The number of esters is 1. The van der Waals surface area contributed by atoms with Crippen LogP contribution in [0.2, 0.25) is 0 Å². The van der Waals surface area contributed by atoms with Crippen LogP contribution in [0.25, 0.3) is 0 Å². The van der Waals surface area contributed by atoms with Crippen molar-refractivity contribution in [3.63, 3.8) is 0 Å². The molecule has 3 rings (SSSR count). The number of halogens is 1. The van der Waals surface area contributed by atoms with Crippen molar-refractivity contribution in [3.05, 3.63) is 44.7 Å². The standard InChI is InChI=1S/C17H16BrNO4S/c1-22-17(21)15-12-6-3-7-13(12)24-16(15)19-14(20)9-23-11-5-2-4-10(18)8-11/h2,4-5,8H,3,6-7,9H2,1H3,(H,19,20). The van der Waals surface area contributed by atoms with Crippen molar-refractivity contribution in [2.75, 3.05) is 19.0 Å². The molecule has 1 aliphatic carbocycles. The Kier molecular flexibility index (Phi) is 5.20. The molecule has 0 spiro atoms. The Labute approximate surface area is 152 Å². The largest absolute Gasteiger partial charge is 0.484 e. The number of thiophene rings is 1. The molecule has 1 amide bonds. The molecule has 1 aliphatic rings. The molecule has 0 saturated carbocycles. The number of nitrogens with one attached hydrogen (secondary N) is 1. The zero-order valence-corrected chi connectivity index (χ0v) is 15.5. The fraction of sp³-hybridized carbons (Fsp3) is 0.294. The van der Waals surface area contributed by atoms with E-state index in [0.29, 0.717) is 16.3 Å². The fourth-order valence-corrected chi connectivity index (χ4v) is 4.35. The van der Waals surface area contributed by atoms with Crippen LogP contribution in [-0.2, 0) is 22.4 Å². The van der Waals surface area contributed by atoms with Crippen LogP contribution in [0.5, 0.6) is 5.75 Å². The number of amides is 1. The highest BCUT2D eigenvalue weighted by atomic mass is 79.9. The first-order valence-corrected chi connectivity index (χ1v) is 9.10. The van der Waals surface area contributed by atoms with Gasteiger partial charge in [0, 0.05) is 9.35 Å². The summed E-state index contributed by atoms with van der Waals surface area (Å²) in [5, 5.41) is 3.33. The van der Waals surface area contributed by atoms with Crippen LogP contribution in [0, 0.1) is 0 Å². The number of anilines is 1. The first kappa shape index (κ1) is 17.0. The SMILES string of the molecule is COC(=O)c1c(NC(=O)COc2cccc(Br)c2)sc2c1CCC2. The van der Waals surface area contributed by atoms with Crippen LogP contribution < -0.4 is 10.1 Å². The molecule has 1 heterocycles. The van der Waals surface area contributed by atoms with Crippen LogP contribution in [-0.4, -0.2) is 25.6 Å². The van der Waals surface area contributed by atoms with E-state index in [-0.39, 0.29) is 12.5 Å². The normalized spacial score (nSPS) is 12.6. The molecule has 0 aliphatic heterocycles. The predicted octanol–water partition coefficient (Wildman–Crippen LogP) is 3.80. The van der Waals surface area contributed by atoms with Crippen molar-refractivity contribution >= 4 is 44.1 Å². The minimum Gasteiger partial charge on any atom is -0.484 e. The van der Waals surface area contributed by atoms with Gasteiger partial charge >= 0.3 is 5.97 Å². The van der Waals surface area contributed by atoms with Crippen molar-refractivity contribution in [1.29, 1.82) is 0 Å². The van der Waals surface area contributed by atoms with Gasteiger partial charge in [-0.1, -0.05) is 22.0 Å². The average molecular weight is 410 g/mol. The predicted molar refractivity (Wildman–Crippen MR) is 96.0 cm³/mol. The van der Waals surface area contributed by atoms with Gasteiger partial charge in [-0.25, -0.2) is 4.79 Å². The number of hydrogen-bond acceptors (Lipinski definition) is 5. The van der Waals surface area contributed by atoms with E-state index in [1.54, 1.807) is 12.1 Å².